The highest BCUT2D eigenvalue weighted by Gasteiger charge is 2.30. The van der Waals surface area contributed by atoms with E-state index in [-0.39, 0.29) is 11.2 Å². The van der Waals surface area contributed by atoms with Crippen LogP contribution >= 0.6 is 11.8 Å². The van der Waals surface area contributed by atoms with Gasteiger partial charge in [0.25, 0.3) is 0 Å². The van der Waals surface area contributed by atoms with E-state index in [1.54, 1.807) is 13.3 Å². The number of amides is 1. The van der Waals surface area contributed by atoms with E-state index in [1.165, 1.54) is 22.9 Å². The second kappa shape index (κ2) is 7.98. The summed E-state index contributed by atoms with van der Waals surface area (Å²) >= 11 is 1.42. The minimum absolute atomic E-state index is 0.0216. The average Bonchev–Trinajstić information content (AvgIpc) is 2.97. The molecule has 0 bridgehead atoms. The largest absolute Gasteiger partial charge is 0.497 e. The van der Waals surface area contributed by atoms with E-state index >= 15 is 0 Å². The zero-order chi connectivity index (χ0) is 17.6. The maximum Gasteiger partial charge on any atom is 0.239 e. The number of hydrogen-bond donors (Lipinski definition) is 1. The first-order valence-electron chi connectivity index (χ1n) is 7.93. The van der Waals surface area contributed by atoms with Crippen molar-refractivity contribution in [1.82, 2.24) is 5.32 Å². The molecular formula is C19H19N3O2S. The molecule has 1 amide bonds. The van der Waals surface area contributed by atoms with Crippen molar-refractivity contribution in [1.29, 1.82) is 0 Å². The average molecular weight is 353 g/mol. The highest BCUT2D eigenvalue weighted by molar-refractivity contribution is 8.15. The lowest BCUT2D eigenvalue weighted by atomic mass is 10.0. The first-order valence-corrected chi connectivity index (χ1v) is 8.81. The van der Waals surface area contributed by atoms with Crippen molar-refractivity contribution in [3.05, 3.63) is 65.2 Å². The van der Waals surface area contributed by atoms with Gasteiger partial charge in [-0.3, -0.25) is 4.79 Å². The van der Waals surface area contributed by atoms with Crippen LogP contribution in [0.25, 0.3) is 0 Å². The van der Waals surface area contributed by atoms with Gasteiger partial charge < -0.3 is 10.1 Å². The van der Waals surface area contributed by atoms with Crippen molar-refractivity contribution in [2.24, 2.45) is 10.2 Å². The summed E-state index contributed by atoms with van der Waals surface area (Å²) in [5, 5.41) is 11.3. The summed E-state index contributed by atoms with van der Waals surface area (Å²) in [4.78, 5) is 12.1. The summed E-state index contributed by atoms with van der Waals surface area (Å²) in [7, 11) is 1.63. The first-order chi connectivity index (χ1) is 12.2. The molecule has 0 aliphatic carbocycles. The van der Waals surface area contributed by atoms with Crippen molar-refractivity contribution >= 4 is 29.1 Å². The molecule has 1 heterocycles. The molecule has 2 aromatic rings. The van der Waals surface area contributed by atoms with Gasteiger partial charge in [-0.15, -0.1) is 5.10 Å². The number of benzene rings is 2. The fraction of sp³-hybridized carbons (Fsp3) is 0.211. The van der Waals surface area contributed by atoms with Crippen LogP contribution in [0.3, 0.4) is 0 Å². The van der Waals surface area contributed by atoms with Gasteiger partial charge >= 0.3 is 0 Å². The van der Waals surface area contributed by atoms with Gasteiger partial charge in [0, 0.05) is 0 Å². The highest BCUT2D eigenvalue weighted by atomic mass is 32.2. The Morgan fingerprint density at radius 1 is 1.20 bits per heavy atom. The van der Waals surface area contributed by atoms with Gasteiger partial charge in [0.05, 0.1) is 18.6 Å². The minimum atomic E-state index is -0.170. The van der Waals surface area contributed by atoms with Crippen LogP contribution in [0, 0.1) is 6.92 Å². The molecule has 1 atom stereocenters. The zero-order valence-electron chi connectivity index (χ0n) is 14.1. The third kappa shape index (κ3) is 4.48. The maximum absolute atomic E-state index is 12.1. The number of amidine groups is 1. The molecule has 3 rings (SSSR count). The summed E-state index contributed by atoms with van der Waals surface area (Å²) in [6.45, 7) is 2.06. The third-order valence-electron chi connectivity index (χ3n) is 3.91. The predicted molar refractivity (Wildman–Crippen MR) is 102 cm³/mol. The van der Waals surface area contributed by atoms with E-state index in [4.69, 9.17) is 4.74 Å². The molecule has 0 aromatic heterocycles. The second-order valence-corrected chi connectivity index (χ2v) is 6.84. The smallest absolute Gasteiger partial charge is 0.239 e. The molecule has 1 aliphatic rings. The van der Waals surface area contributed by atoms with Crippen molar-refractivity contribution in [3.8, 4) is 5.75 Å². The fourth-order valence-electron chi connectivity index (χ4n) is 2.46. The molecule has 25 heavy (non-hydrogen) atoms. The predicted octanol–water partition coefficient (Wildman–Crippen LogP) is 3.17. The monoisotopic (exact) mass is 353 g/mol. The number of carbonyl (C=O) groups excluding carboxylic acids is 1. The topological polar surface area (TPSA) is 63.1 Å². The maximum atomic E-state index is 12.1. The number of nitrogens with one attached hydrogen (secondary N) is 1. The zero-order valence-corrected chi connectivity index (χ0v) is 14.9. The molecule has 6 heteroatoms. The van der Waals surface area contributed by atoms with Crippen LogP contribution < -0.4 is 10.1 Å². The van der Waals surface area contributed by atoms with Crippen LogP contribution in [-0.2, 0) is 11.2 Å². The van der Waals surface area contributed by atoms with Crippen molar-refractivity contribution in [3.63, 3.8) is 0 Å². The van der Waals surface area contributed by atoms with Crippen LogP contribution in [0.1, 0.15) is 16.7 Å². The molecule has 5 nitrogen and oxygen atoms in total. The van der Waals surface area contributed by atoms with Crippen LogP contribution in [-0.4, -0.2) is 29.6 Å². The van der Waals surface area contributed by atoms with Crippen LogP contribution in [0.2, 0.25) is 0 Å². The van der Waals surface area contributed by atoms with Gasteiger partial charge in [-0.2, -0.15) is 5.10 Å². The molecule has 1 fully saturated rings. The summed E-state index contributed by atoms with van der Waals surface area (Å²) in [5.74, 6) is 0.771. The van der Waals surface area contributed by atoms with Gasteiger partial charge in [0.1, 0.15) is 5.75 Å². The molecule has 0 radical (unpaired) electrons. The molecule has 1 N–H and O–H groups in total. The van der Waals surface area contributed by atoms with E-state index in [9.17, 15) is 4.79 Å². The van der Waals surface area contributed by atoms with Gasteiger partial charge in [-0.1, -0.05) is 36.0 Å². The Bertz CT molecular complexity index is 816. The summed E-state index contributed by atoms with van der Waals surface area (Å²) in [6, 6.07) is 15.6. The van der Waals surface area contributed by atoms with Gasteiger partial charge in [0.2, 0.25) is 5.91 Å². The number of ether oxygens (including phenoxy) is 1. The molecule has 2 aromatic carbocycles. The number of nitrogens with zero attached hydrogens (tertiary/aromatic N) is 2. The molecule has 0 spiro atoms. The van der Waals surface area contributed by atoms with E-state index in [2.05, 4.69) is 34.6 Å². The molecule has 0 unspecified atom stereocenters. The Morgan fingerprint density at radius 3 is 2.68 bits per heavy atom. The lowest BCUT2D eigenvalue weighted by molar-refractivity contribution is -0.118. The molecule has 1 saturated heterocycles. The summed E-state index contributed by atoms with van der Waals surface area (Å²) < 4.78 is 5.11. The lowest BCUT2D eigenvalue weighted by Crippen LogP contribution is -2.26. The van der Waals surface area contributed by atoms with Crippen molar-refractivity contribution in [2.75, 3.05) is 7.11 Å². The van der Waals surface area contributed by atoms with Crippen LogP contribution in [0.4, 0.5) is 0 Å². The number of carbonyl (C=O) groups is 1. The molecule has 1 aliphatic heterocycles. The number of methoxy groups -OCH3 is 1. The van der Waals surface area contributed by atoms with Crippen LogP contribution in [0.5, 0.6) is 5.75 Å². The molecular weight excluding hydrogens is 334 g/mol. The highest BCUT2D eigenvalue weighted by Crippen LogP contribution is 2.24. The number of thioether (sulfide) groups is 1. The Balaban J connectivity index is 1.62. The summed E-state index contributed by atoms with van der Waals surface area (Å²) in [5.41, 5.74) is 3.29. The summed E-state index contributed by atoms with van der Waals surface area (Å²) in [6.07, 6.45) is 2.33. The van der Waals surface area contributed by atoms with Crippen molar-refractivity contribution in [2.45, 2.75) is 18.6 Å². The number of aryl methyl sites for hydroxylation is 1. The van der Waals surface area contributed by atoms with E-state index in [0.29, 0.717) is 11.6 Å². The quantitative estimate of drug-likeness (QED) is 0.663. The SMILES string of the molecule is COc1ccc(/C=N/N=C2/NC(=O)[C@@H](Cc3ccccc3C)S2)cc1. The first kappa shape index (κ1) is 17.2. The Hall–Kier alpha value is -2.60. The normalized spacial score (nSPS) is 18.7. The minimum Gasteiger partial charge on any atom is -0.497 e. The number of hydrogen-bond acceptors (Lipinski definition) is 5. The van der Waals surface area contributed by atoms with E-state index < -0.39 is 0 Å². The standard InChI is InChI=1S/C19H19N3O2S/c1-13-5-3-4-6-15(13)11-17-18(23)21-19(25-17)22-20-12-14-7-9-16(24-2)10-8-14/h3-10,12,17H,11H2,1-2H3,(H,21,22,23)/b20-12+/t17-/m1/s1. The molecule has 0 saturated carbocycles. The van der Waals surface area contributed by atoms with E-state index in [1.807, 2.05) is 36.4 Å². The third-order valence-corrected chi connectivity index (χ3v) is 4.99. The number of rotatable bonds is 5. The Morgan fingerprint density at radius 2 is 1.96 bits per heavy atom. The van der Waals surface area contributed by atoms with Crippen LogP contribution in [0.15, 0.2) is 58.7 Å². The van der Waals surface area contributed by atoms with Crippen molar-refractivity contribution < 1.29 is 9.53 Å². The fourth-order valence-corrected chi connectivity index (χ4v) is 3.42. The van der Waals surface area contributed by atoms with Gasteiger partial charge in [0.15, 0.2) is 5.17 Å². The van der Waals surface area contributed by atoms with Gasteiger partial charge in [-0.05, 0) is 54.3 Å². The van der Waals surface area contributed by atoms with Gasteiger partial charge in [-0.25, -0.2) is 0 Å². The lowest BCUT2D eigenvalue weighted by Gasteiger charge is -2.07. The second-order valence-electron chi connectivity index (χ2n) is 5.65. The molecule has 128 valence electrons. The Labute approximate surface area is 151 Å². The Kier molecular flexibility index (Phi) is 5.50. The van der Waals surface area contributed by atoms with E-state index in [0.717, 1.165) is 11.3 Å².